The number of hydrogen-bond donors (Lipinski definition) is 1. The van der Waals surface area contributed by atoms with Crippen molar-refractivity contribution in [2.24, 2.45) is 0 Å². The zero-order chi connectivity index (χ0) is 15.9. The van der Waals surface area contributed by atoms with E-state index >= 15 is 0 Å². The molecule has 0 aromatic carbocycles. The van der Waals surface area contributed by atoms with Gasteiger partial charge >= 0.3 is 5.97 Å². The molecule has 1 N–H and O–H groups in total. The topological polar surface area (TPSA) is 41.6 Å². The molecule has 4 heteroatoms. The number of carbonyl (C=O) groups is 1. The number of rotatable bonds is 11. The molecule has 0 heterocycles. The number of nitrogens with one attached hydrogen (secondary N) is 1. The van der Waals surface area contributed by atoms with Gasteiger partial charge in [-0.25, -0.2) is 0 Å². The predicted octanol–water partition coefficient (Wildman–Crippen LogP) is 2.96. The molecular weight excluding hydrogens is 264 g/mol. The number of carbonyl (C=O) groups excluding carboxylic acids is 1. The van der Waals surface area contributed by atoms with Crippen molar-refractivity contribution in [1.29, 1.82) is 0 Å². The van der Waals surface area contributed by atoms with Crippen LogP contribution in [0.1, 0.15) is 66.7 Å². The second-order valence-electron chi connectivity index (χ2n) is 6.56. The van der Waals surface area contributed by atoms with Gasteiger partial charge in [-0.1, -0.05) is 13.8 Å². The summed E-state index contributed by atoms with van der Waals surface area (Å²) in [7, 11) is 0. The molecule has 0 radical (unpaired) electrons. The second-order valence-corrected chi connectivity index (χ2v) is 6.56. The minimum absolute atomic E-state index is 0.100. The summed E-state index contributed by atoms with van der Waals surface area (Å²) in [5.41, 5.74) is -0.559. The van der Waals surface area contributed by atoms with Crippen molar-refractivity contribution < 1.29 is 9.53 Å². The van der Waals surface area contributed by atoms with E-state index in [1.807, 2.05) is 13.8 Å². The van der Waals surface area contributed by atoms with Crippen LogP contribution in [-0.4, -0.2) is 48.2 Å². The molecule has 1 fully saturated rings. The molecule has 0 spiro atoms. The van der Waals surface area contributed by atoms with Crippen molar-refractivity contribution >= 4 is 5.97 Å². The van der Waals surface area contributed by atoms with Gasteiger partial charge in [-0.15, -0.1) is 0 Å². The molecule has 1 saturated carbocycles. The molecule has 0 amide bonds. The normalized spacial score (nSPS) is 19.3. The van der Waals surface area contributed by atoms with Gasteiger partial charge in [0.2, 0.25) is 0 Å². The van der Waals surface area contributed by atoms with Gasteiger partial charge in [0, 0.05) is 12.1 Å². The fraction of sp³-hybridized carbons (Fsp3) is 0.941. The summed E-state index contributed by atoms with van der Waals surface area (Å²) in [5, 5.41) is 3.52. The number of hydrogen-bond acceptors (Lipinski definition) is 4. The molecule has 0 aromatic rings. The minimum Gasteiger partial charge on any atom is -0.465 e. The Bertz CT molecular complexity index is 312. The molecule has 0 bridgehead atoms. The Morgan fingerprint density at radius 2 is 1.86 bits per heavy atom. The maximum atomic E-state index is 12.4. The summed E-state index contributed by atoms with van der Waals surface area (Å²) in [6.45, 7) is 13.2. The van der Waals surface area contributed by atoms with Crippen molar-refractivity contribution in [1.82, 2.24) is 10.2 Å². The van der Waals surface area contributed by atoms with Crippen molar-refractivity contribution in [3.05, 3.63) is 0 Å². The summed E-state index contributed by atoms with van der Waals surface area (Å²) >= 11 is 0. The average Bonchev–Trinajstić information content (AvgIpc) is 3.22. The van der Waals surface area contributed by atoms with Gasteiger partial charge in [0.15, 0.2) is 0 Å². The first-order valence-corrected chi connectivity index (χ1v) is 8.65. The van der Waals surface area contributed by atoms with E-state index in [1.165, 1.54) is 12.8 Å². The lowest BCUT2D eigenvalue weighted by atomic mass is 9.92. The predicted molar refractivity (Wildman–Crippen MR) is 87.4 cm³/mol. The lowest BCUT2D eigenvalue weighted by Gasteiger charge is -2.36. The second kappa shape index (κ2) is 8.74. The molecule has 124 valence electrons. The highest BCUT2D eigenvalue weighted by Gasteiger charge is 2.41. The summed E-state index contributed by atoms with van der Waals surface area (Å²) < 4.78 is 5.32. The Balaban J connectivity index is 2.70. The highest BCUT2D eigenvalue weighted by molar-refractivity contribution is 5.80. The lowest BCUT2D eigenvalue weighted by molar-refractivity contribution is -0.151. The molecule has 2 unspecified atom stereocenters. The van der Waals surface area contributed by atoms with Crippen molar-refractivity contribution in [2.75, 3.05) is 19.7 Å². The van der Waals surface area contributed by atoms with E-state index in [2.05, 4.69) is 31.0 Å². The first kappa shape index (κ1) is 18.4. The van der Waals surface area contributed by atoms with Crippen LogP contribution in [0.25, 0.3) is 0 Å². The number of ether oxygens (including phenoxy) is 1. The van der Waals surface area contributed by atoms with E-state index in [0.717, 1.165) is 32.4 Å². The quantitative estimate of drug-likeness (QED) is 0.596. The van der Waals surface area contributed by atoms with Crippen LogP contribution in [0.15, 0.2) is 0 Å². The SMILES string of the molecule is CCCN(CCC)C(C)CC(C)(NC1CC1)C(=O)OCC. The van der Waals surface area contributed by atoms with Gasteiger partial charge in [0.1, 0.15) is 5.54 Å². The van der Waals surface area contributed by atoms with E-state index in [4.69, 9.17) is 4.74 Å². The highest BCUT2D eigenvalue weighted by atomic mass is 16.5. The molecule has 21 heavy (non-hydrogen) atoms. The standard InChI is InChI=1S/C17H34N2O2/c1-6-11-19(12-7-2)14(4)13-17(5,16(20)21-8-3)18-15-9-10-15/h14-15,18H,6-13H2,1-5H3. The molecule has 1 aliphatic rings. The van der Waals surface area contributed by atoms with Gasteiger partial charge < -0.3 is 9.64 Å². The first-order valence-electron chi connectivity index (χ1n) is 8.65. The van der Waals surface area contributed by atoms with Gasteiger partial charge in [-0.3, -0.25) is 10.1 Å². The third kappa shape index (κ3) is 5.95. The Labute approximate surface area is 130 Å². The van der Waals surface area contributed by atoms with Crippen molar-refractivity contribution in [3.8, 4) is 0 Å². The van der Waals surface area contributed by atoms with E-state index < -0.39 is 5.54 Å². The maximum absolute atomic E-state index is 12.4. The number of nitrogens with zero attached hydrogens (tertiary/aromatic N) is 1. The van der Waals surface area contributed by atoms with Crippen LogP contribution < -0.4 is 5.32 Å². The van der Waals surface area contributed by atoms with E-state index in [0.29, 0.717) is 18.7 Å². The van der Waals surface area contributed by atoms with E-state index in [1.54, 1.807) is 0 Å². The fourth-order valence-corrected chi connectivity index (χ4v) is 3.02. The minimum atomic E-state index is -0.559. The molecule has 0 aliphatic heterocycles. The largest absolute Gasteiger partial charge is 0.465 e. The van der Waals surface area contributed by atoms with Crippen LogP contribution in [-0.2, 0) is 9.53 Å². The van der Waals surface area contributed by atoms with Crippen LogP contribution in [0.5, 0.6) is 0 Å². The summed E-state index contributed by atoms with van der Waals surface area (Å²) in [6, 6.07) is 0.878. The van der Waals surface area contributed by atoms with Gasteiger partial charge in [-0.2, -0.15) is 0 Å². The summed E-state index contributed by atoms with van der Waals surface area (Å²) in [5.74, 6) is -0.100. The summed E-state index contributed by atoms with van der Waals surface area (Å²) in [6.07, 6.45) is 5.46. The molecule has 0 aromatic heterocycles. The molecule has 0 saturated heterocycles. The van der Waals surface area contributed by atoms with Crippen LogP contribution in [0.2, 0.25) is 0 Å². The van der Waals surface area contributed by atoms with Crippen LogP contribution in [0, 0.1) is 0 Å². The molecule has 1 aliphatic carbocycles. The maximum Gasteiger partial charge on any atom is 0.326 e. The summed E-state index contributed by atoms with van der Waals surface area (Å²) in [4.78, 5) is 14.9. The highest BCUT2D eigenvalue weighted by Crippen LogP contribution is 2.27. The van der Waals surface area contributed by atoms with Gasteiger partial charge in [0.25, 0.3) is 0 Å². The Morgan fingerprint density at radius 3 is 2.29 bits per heavy atom. The average molecular weight is 298 g/mol. The molecule has 1 rings (SSSR count). The fourth-order valence-electron chi connectivity index (χ4n) is 3.02. The Hall–Kier alpha value is -0.610. The molecular formula is C17H34N2O2. The van der Waals surface area contributed by atoms with Crippen LogP contribution in [0.3, 0.4) is 0 Å². The van der Waals surface area contributed by atoms with Gasteiger partial charge in [-0.05, 0) is 66.0 Å². The van der Waals surface area contributed by atoms with E-state index in [9.17, 15) is 4.79 Å². The lowest BCUT2D eigenvalue weighted by Crippen LogP contribution is -2.55. The zero-order valence-electron chi connectivity index (χ0n) is 14.6. The Kier molecular flexibility index (Phi) is 7.67. The number of esters is 1. The Morgan fingerprint density at radius 1 is 1.29 bits per heavy atom. The van der Waals surface area contributed by atoms with Crippen LogP contribution >= 0.6 is 0 Å². The van der Waals surface area contributed by atoms with Gasteiger partial charge in [0.05, 0.1) is 6.61 Å². The van der Waals surface area contributed by atoms with E-state index in [-0.39, 0.29) is 5.97 Å². The van der Waals surface area contributed by atoms with Crippen molar-refractivity contribution in [3.63, 3.8) is 0 Å². The third-order valence-corrected chi connectivity index (χ3v) is 4.17. The third-order valence-electron chi connectivity index (χ3n) is 4.17. The molecule has 4 nitrogen and oxygen atoms in total. The molecule has 2 atom stereocenters. The van der Waals surface area contributed by atoms with Crippen LogP contribution in [0.4, 0.5) is 0 Å². The smallest absolute Gasteiger partial charge is 0.326 e. The zero-order valence-corrected chi connectivity index (χ0v) is 14.6. The monoisotopic (exact) mass is 298 g/mol. The van der Waals surface area contributed by atoms with Crippen molar-refractivity contribution in [2.45, 2.75) is 84.3 Å². The first-order chi connectivity index (χ1) is 9.96.